The maximum absolute atomic E-state index is 11.7. The standard InChI is InChI=1S/C15H14Cl2N4O3/c16-10-3-4-13(11(17)8-10)24-7-1-2-14(22)20-21-15(23)12-9-18-5-6-19-12/h3-6,8-9H,1-2,7H2,(H,20,22)(H,21,23). The molecule has 24 heavy (non-hydrogen) atoms. The second-order valence-corrected chi connectivity index (χ2v) is 5.46. The topological polar surface area (TPSA) is 93.2 Å². The highest BCUT2D eigenvalue weighted by atomic mass is 35.5. The lowest BCUT2D eigenvalue weighted by Crippen LogP contribution is -2.42. The van der Waals surface area contributed by atoms with Crippen LogP contribution in [0.2, 0.25) is 10.0 Å². The molecule has 0 unspecified atom stereocenters. The highest BCUT2D eigenvalue weighted by Crippen LogP contribution is 2.27. The molecule has 2 rings (SSSR count). The molecule has 0 fully saturated rings. The highest BCUT2D eigenvalue weighted by molar-refractivity contribution is 6.35. The Kier molecular flexibility index (Phi) is 6.77. The summed E-state index contributed by atoms with van der Waals surface area (Å²) in [6.45, 7) is 0.298. The van der Waals surface area contributed by atoms with Crippen LogP contribution in [0, 0.1) is 0 Å². The third kappa shape index (κ3) is 5.68. The van der Waals surface area contributed by atoms with Gasteiger partial charge in [-0.3, -0.25) is 25.4 Å². The molecule has 1 aromatic carbocycles. The fourth-order valence-electron chi connectivity index (χ4n) is 1.68. The summed E-state index contributed by atoms with van der Waals surface area (Å²) in [5.74, 6) is -0.392. The quantitative estimate of drug-likeness (QED) is 0.603. The third-order valence-electron chi connectivity index (χ3n) is 2.81. The number of hydrogen-bond donors (Lipinski definition) is 2. The number of carbonyl (C=O) groups excluding carboxylic acids is 2. The molecular formula is C15H14Cl2N4O3. The van der Waals surface area contributed by atoms with Crippen LogP contribution in [-0.2, 0) is 4.79 Å². The van der Waals surface area contributed by atoms with E-state index in [1.54, 1.807) is 18.2 Å². The van der Waals surface area contributed by atoms with E-state index in [1.807, 2.05) is 0 Å². The van der Waals surface area contributed by atoms with Gasteiger partial charge in [0.1, 0.15) is 11.4 Å². The number of benzene rings is 1. The molecule has 2 N–H and O–H groups in total. The van der Waals surface area contributed by atoms with Gasteiger partial charge in [0.15, 0.2) is 0 Å². The van der Waals surface area contributed by atoms with E-state index >= 15 is 0 Å². The maximum atomic E-state index is 11.7. The lowest BCUT2D eigenvalue weighted by molar-refractivity contribution is -0.122. The predicted octanol–water partition coefficient (Wildman–Crippen LogP) is 2.40. The summed E-state index contributed by atoms with van der Waals surface area (Å²) >= 11 is 11.8. The smallest absolute Gasteiger partial charge is 0.289 e. The molecule has 0 saturated heterocycles. The van der Waals surface area contributed by atoms with E-state index in [-0.39, 0.29) is 18.0 Å². The monoisotopic (exact) mass is 368 g/mol. The van der Waals surface area contributed by atoms with Crippen LogP contribution in [-0.4, -0.2) is 28.4 Å². The summed E-state index contributed by atoms with van der Waals surface area (Å²) in [5, 5.41) is 0.925. The van der Waals surface area contributed by atoms with Gasteiger partial charge in [-0.2, -0.15) is 0 Å². The first-order valence-corrected chi connectivity index (χ1v) is 7.75. The Morgan fingerprint density at radius 2 is 2.00 bits per heavy atom. The molecule has 126 valence electrons. The van der Waals surface area contributed by atoms with Crippen molar-refractivity contribution in [1.29, 1.82) is 0 Å². The van der Waals surface area contributed by atoms with E-state index in [9.17, 15) is 9.59 Å². The van der Waals surface area contributed by atoms with Gasteiger partial charge in [-0.1, -0.05) is 23.2 Å². The average Bonchev–Trinajstić information content (AvgIpc) is 2.59. The van der Waals surface area contributed by atoms with Crippen molar-refractivity contribution in [2.45, 2.75) is 12.8 Å². The second kappa shape index (κ2) is 9.05. The minimum atomic E-state index is -0.541. The van der Waals surface area contributed by atoms with Crippen LogP contribution in [0.1, 0.15) is 23.3 Å². The van der Waals surface area contributed by atoms with E-state index in [0.29, 0.717) is 28.8 Å². The molecule has 9 heteroatoms. The number of ether oxygens (including phenoxy) is 1. The molecule has 0 saturated carbocycles. The number of halogens is 2. The molecule has 0 atom stereocenters. The molecule has 2 amide bonds. The molecule has 0 aliphatic rings. The van der Waals surface area contributed by atoms with Gasteiger partial charge in [0.2, 0.25) is 5.91 Å². The lowest BCUT2D eigenvalue weighted by Gasteiger charge is -2.09. The van der Waals surface area contributed by atoms with Gasteiger partial charge in [0.25, 0.3) is 5.91 Å². The zero-order valence-corrected chi connectivity index (χ0v) is 14.0. The first-order chi connectivity index (χ1) is 11.6. The van der Waals surface area contributed by atoms with Crippen LogP contribution in [0.4, 0.5) is 0 Å². The SMILES string of the molecule is O=C(CCCOc1ccc(Cl)cc1Cl)NNC(=O)c1cnccn1. The van der Waals surface area contributed by atoms with E-state index in [1.165, 1.54) is 18.6 Å². The van der Waals surface area contributed by atoms with E-state index < -0.39 is 5.91 Å². The molecule has 0 aliphatic carbocycles. The molecule has 1 aromatic heterocycles. The minimum Gasteiger partial charge on any atom is -0.492 e. The Labute approximate surface area is 148 Å². The van der Waals surface area contributed by atoms with Crippen molar-refractivity contribution in [3.63, 3.8) is 0 Å². The van der Waals surface area contributed by atoms with Crippen molar-refractivity contribution in [1.82, 2.24) is 20.8 Å². The Morgan fingerprint density at radius 3 is 2.71 bits per heavy atom. The number of carbonyl (C=O) groups is 2. The van der Waals surface area contributed by atoms with Crippen LogP contribution in [0.3, 0.4) is 0 Å². The summed E-state index contributed by atoms with van der Waals surface area (Å²) in [4.78, 5) is 30.9. The summed E-state index contributed by atoms with van der Waals surface area (Å²) < 4.78 is 5.46. The van der Waals surface area contributed by atoms with Crippen LogP contribution >= 0.6 is 23.2 Å². The van der Waals surface area contributed by atoms with Gasteiger partial charge in [-0.25, -0.2) is 4.98 Å². The van der Waals surface area contributed by atoms with E-state index in [2.05, 4.69) is 20.8 Å². The van der Waals surface area contributed by atoms with E-state index in [4.69, 9.17) is 27.9 Å². The zero-order valence-electron chi connectivity index (χ0n) is 12.5. The molecule has 0 bridgehead atoms. The lowest BCUT2D eigenvalue weighted by atomic mass is 10.3. The second-order valence-electron chi connectivity index (χ2n) is 4.62. The van der Waals surface area contributed by atoms with Crippen LogP contribution in [0.25, 0.3) is 0 Å². The van der Waals surface area contributed by atoms with Gasteiger partial charge in [0, 0.05) is 23.8 Å². The largest absolute Gasteiger partial charge is 0.492 e. The summed E-state index contributed by atoms with van der Waals surface area (Å²) in [6, 6.07) is 4.90. The number of aromatic nitrogens is 2. The summed E-state index contributed by atoms with van der Waals surface area (Å²) in [6.07, 6.45) is 4.75. The van der Waals surface area contributed by atoms with Gasteiger partial charge in [0.05, 0.1) is 17.8 Å². The van der Waals surface area contributed by atoms with Crippen molar-refractivity contribution in [2.75, 3.05) is 6.61 Å². The first-order valence-electron chi connectivity index (χ1n) is 6.99. The van der Waals surface area contributed by atoms with Crippen LogP contribution in [0.15, 0.2) is 36.8 Å². The first kappa shape index (κ1) is 18.0. The molecule has 0 radical (unpaired) electrons. The molecule has 0 spiro atoms. The molecular weight excluding hydrogens is 355 g/mol. The predicted molar refractivity (Wildman–Crippen MR) is 88.8 cm³/mol. The average molecular weight is 369 g/mol. The molecule has 0 aliphatic heterocycles. The number of hydrogen-bond acceptors (Lipinski definition) is 5. The van der Waals surface area contributed by atoms with E-state index in [0.717, 1.165) is 0 Å². The molecule has 7 nitrogen and oxygen atoms in total. The van der Waals surface area contributed by atoms with Crippen molar-refractivity contribution < 1.29 is 14.3 Å². The van der Waals surface area contributed by atoms with Crippen LogP contribution < -0.4 is 15.6 Å². The fraction of sp³-hybridized carbons (Fsp3) is 0.200. The third-order valence-corrected chi connectivity index (χ3v) is 3.34. The highest BCUT2D eigenvalue weighted by Gasteiger charge is 2.08. The summed E-state index contributed by atoms with van der Waals surface area (Å²) in [7, 11) is 0. The Morgan fingerprint density at radius 1 is 1.17 bits per heavy atom. The van der Waals surface area contributed by atoms with Gasteiger partial charge in [-0.15, -0.1) is 0 Å². The van der Waals surface area contributed by atoms with Crippen molar-refractivity contribution in [3.05, 3.63) is 52.5 Å². The fourth-order valence-corrected chi connectivity index (χ4v) is 2.14. The normalized spacial score (nSPS) is 10.1. The van der Waals surface area contributed by atoms with Crippen molar-refractivity contribution in [3.8, 4) is 5.75 Å². The number of nitrogens with zero attached hydrogens (tertiary/aromatic N) is 2. The number of rotatable bonds is 6. The maximum Gasteiger partial charge on any atom is 0.289 e. The van der Waals surface area contributed by atoms with Gasteiger partial charge >= 0.3 is 0 Å². The molecule has 2 aromatic rings. The zero-order chi connectivity index (χ0) is 17.4. The Balaban J connectivity index is 1.65. The number of amides is 2. The Bertz CT molecular complexity index is 713. The summed E-state index contributed by atoms with van der Waals surface area (Å²) in [5.41, 5.74) is 4.66. The Hall–Kier alpha value is -2.38. The van der Waals surface area contributed by atoms with Crippen LogP contribution in [0.5, 0.6) is 5.75 Å². The minimum absolute atomic E-state index is 0.110. The van der Waals surface area contributed by atoms with Gasteiger partial charge in [-0.05, 0) is 24.6 Å². The van der Waals surface area contributed by atoms with Gasteiger partial charge < -0.3 is 4.74 Å². The number of nitrogens with one attached hydrogen (secondary N) is 2. The molecule has 1 heterocycles. The van der Waals surface area contributed by atoms with Crippen molar-refractivity contribution >= 4 is 35.0 Å². The van der Waals surface area contributed by atoms with Crippen molar-refractivity contribution in [2.24, 2.45) is 0 Å². The number of hydrazine groups is 1.